The van der Waals surface area contributed by atoms with Crippen LogP contribution in [0.5, 0.6) is 0 Å². The quantitative estimate of drug-likeness (QED) is 0.230. The molecule has 0 atom stereocenters. The topological polar surface area (TPSA) is 126 Å². The fourth-order valence-electron chi connectivity index (χ4n) is 3.51. The predicted molar refractivity (Wildman–Crippen MR) is 111 cm³/mol. The molecular weight excluding hydrogens is 420 g/mol. The number of rotatable bonds is 7. The van der Waals surface area contributed by atoms with E-state index in [1.807, 2.05) is 0 Å². The number of furan rings is 2. The van der Waals surface area contributed by atoms with Crippen molar-refractivity contribution in [3.63, 3.8) is 0 Å². The lowest BCUT2D eigenvalue weighted by molar-refractivity contribution is -0.402. The Morgan fingerprint density at radius 3 is 2.44 bits per heavy atom. The van der Waals surface area contributed by atoms with Crippen molar-refractivity contribution in [1.82, 2.24) is 4.40 Å². The maximum atomic E-state index is 12.9. The molecule has 10 heteroatoms. The molecule has 0 aliphatic rings. The summed E-state index contributed by atoms with van der Waals surface area (Å²) in [6, 6.07) is 9.70. The number of nitrogens with zero attached hydrogens (tertiary/aromatic N) is 2. The molecule has 0 saturated heterocycles. The highest BCUT2D eigenvalue weighted by atomic mass is 16.6. The van der Waals surface area contributed by atoms with Gasteiger partial charge in [0.25, 0.3) is 0 Å². The largest absolute Gasteiger partial charge is 0.464 e. The van der Waals surface area contributed by atoms with Gasteiger partial charge in [-0.2, -0.15) is 0 Å². The molecule has 0 saturated carbocycles. The molecule has 0 N–H and O–H groups in total. The average Bonchev–Trinajstić information content (AvgIpc) is 3.50. The summed E-state index contributed by atoms with van der Waals surface area (Å²) in [4.78, 5) is 36.0. The molecule has 4 rings (SSSR count). The van der Waals surface area contributed by atoms with Gasteiger partial charge in [0.1, 0.15) is 22.1 Å². The van der Waals surface area contributed by atoms with Crippen molar-refractivity contribution >= 4 is 23.3 Å². The Kier molecular flexibility index (Phi) is 5.50. The Morgan fingerprint density at radius 1 is 1.03 bits per heavy atom. The zero-order valence-corrected chi connectivity index (χ0v) is 17.2. The van der Waals surface area contributed by atoms with Crippen LogP contribution < -0.4 is 0 Å². The molecule has 0 unspecified atom stereocenters. The van der Waals surface area contributed by atoms with Gasteiger partial charge in [-0.25, -0.2) is 9.59 Å². The number of hydrogen-bond acceptors (Lipinski definition) is 8. The Morgan fingerprint density at radius 2 is 1.78 bits per heavy atom. The van der Waals surface area contributed by atoms with E-state index in [0.717, 1.165) is 0 Å². The van der Waals surface area contributed by atoms with Crippen LogP contribution >= 0.6 is 0 Å². The summed E-state index contributed by atoms with van der Waals surface area (Å²) in [5.41, 5.74) is 0.983. The second-order valence-corrected chi connectivity index (χ2v) is 6.56. The molecule has 0 aliphatic heterocycles. The fourth-order valence-corrected chi connectivity index (χ4v) is 3.51. The van der Waals surface area contributed by atoms with Gasteiger partial charge in [-0.15, -0.1) is 0 Å². The number of ether oxygens (including phenoxy) is 2. The predicted octanol–water partition coefficient (Wildman–Crippen LogP) is 4.72. The number of fused-ring (bicyclic) bond motifs is 1. The molecule has 4 heterocycles. The van der Waals surface area contributed by atoms with Crippen molar-refractivity contribution in [2.45, 2.75) is 13.8 Å². The Hall–Kier alpha value is -4.34. The minimum Gasteiger partial charge on any atom is -0.464 e. The minimum absolute atomic E-state index is 0.00500. The summed E-state index contributed by atoms with van der Waals surface area (Å²) >= 11 is 0. The first-order valence-electron chi connectivity index (χ1n) is 9.77. The summed E-state index contributed by atoms with van der Waals surface area (Å²) in [5, 5.41) is 11.6. The lowest BCUT2D eigenvalue weighted by Gasteiger charge is -2.05. The van der Waals surface area contributed by atoms with Crippen molar-refractivity contribution in [3.05, 3.63) is 70.2 Å². The van der Waals surface area contributed by atoms with Gasteiger partial charge in [0, 0.05) is 12.3 Å². The first kappa shape index (κ1) is 20.9. The van der Waals surface area contributed by atoms with Crippen LogP contribution in [0.15, 0.2) is 57.7 Å². The highest BCUT2D eigenvalue weighted by Crippen LogP contribution is 2.43. The number of carbonyl (C=O) groups excluding carboxylic acids is 2. The third kappa shape index (κ3) is 3.41. The second-order valence-electron chi connectivity index (χ2n) is 6.56. The van der Waals surface area contributed by atoms with Crippen LogP contribution in [0, 0.1) is 10.1 Å². The van der Waals surface area contributed by atoms with Gasteiger partial charge in [0.15, 0.2) is 5.56 Å². The van der Waals surface area contributed by atoms with Gasteiger partial charge in [-0.3, -0.25) is 10.1 Å². The third-order valence-electron chi connectivity index (χ3n) is 4.70. The Bertz CT molecular complexity index is 1310. The molecule has 0 aromatic carbocycles. The van der Waals surface area contributed by atoms with E-state index < -0.39 is 22.7 Å². The number of carbonyl (C=O) groups is 2. The van der Waals surface area contributed by atoms with E-state index in [1.54, 1.807) is 54.8 Å². The molecule has 0 bridgehead atoms. The van der Waals surface area contributed by atoms with Gasteiger partial charge in [0.2, 0.25) is 0 Å². The highest BCUT2D eigenvalue weighted by molar-refractivity contribution is 6.06. The number of nitro groups is 1. The Balaban J connectivity index is 2.07. The molecule has 0 aliphatic carbocycles. The Labute approximate surface area is 181 Å². The lowest BCUT2D eigenvalue weighted by atomic mass is 10.0. The van der Waals surface area contributed by atoms with E-state index in [2.05, 4.69) is 0 Å². The molecule has 0 fully saturated rings. The zero-order valence-electron chi connectivity index (χ0n) is 17.2. The van der Waals surface area contributed by atoms with Crippen LogP contribution in [-0.4, -0.2) is 34.5 Å². The van der Waals surface area contributed by atoms with Crippen molar-refractivity contribution in [2.24, 2.45) is 0 Å². The van der Waals surface area contributed by atoms with Crippen LogP contribution in [0.1, 0.15) is 34.7 Å². The van der Waals surface area contributed by atoms with E-state index in [-0.39, 0.29) is 30.2 Å². The molecule has 32 heavy (non-hydrogen) atoms. The van der Waals surface area contributed by atoms with Crippen LogP contribution in [0.4, 0.5) is 5.88 Å². The number of pyridine rings is 1. The molecule has 0 radical (unpaired) electrons. The van der Waals surface area contributed by atoms with E-state index in [9.17, 15) is 19.7 Å². The fraction of sp³-hybridized carbons (Fsp3) is 0.182. The monoisotopic (exact) mass is 438 g/mol. The molecule has 4 aromatic rings. The molecule has 164 valence electrons. The maximum absolute atomic E-state index is 12.9. The summed E-state index contributed by atoms with van der Waals surface area (Å²) in [7, 11) is 0. The number of hydrogen-bond donors (Lipinski definition) is 0. The van der Waals surface area contributed by atoms with Gasteiger partial charge in [0.05, 0.1) is 36.1 Å². The lowest BCUT2D eigenvalue weighted by Crippen LogP contribution is -2.09. The van der Waals surface area contributed by atoms with E-state index in [0.29, 0.717) is 22.4 Å². The SMILES string of the molecule is CCOC(=O)c1cc(-c2c(-c3ccco3)c(C(=O)OCC)n3ccccc23)oc1[N+](=O)[O-]. The molecular formula is C22H18N2O8. The normalized spacial score (nSPS) is 10.9. The van der Waals surface area contributed by atoms with Crippen molar-refractivity contribution < 1.29 is 32.8 Å². The highest BCUT2D eigenvalue weighted by Gasteiger charge is 2.34. The molecule has 4 aromatic heterocycles. The van der Waals surface area contributed by atoms with E-state index in [1.165, 1.54) is 12.3 Å². The third-order valence-corrected chi connectivity index (χ3v) is 4.70. The van der Waals surface area contributed by atoms with Gasteiger partial charge in [-0.05, 0) is 38.1 Å². The first-order chi connectivity index (χ1) is 15.5. The standard InChI is InChI=1S/C22H18N2O8/c1-3-29-21(25)13-12-16(32-20(13)24(27)28)17-14-8-5-6-10-23(14)19(22(26)30-4-2)18(17)15-9-7-11-31-15/h5-12H,3-4H2,1-2H3. The second kappa shape index (κ2) is 8.42. The van der Waals surface area contributed by atoms with Crippen LogP contribution in [-0.2, 0) is 9.47 Å². The van der Waals surface area contributed by atoms with Crippen LogP contribution in [0.2, 0.25) is 0 Å². The summed E-state index contributed by atoms with van der Waals surface area (Å²) in [6.07, 6.45) is 3.09. The number of aromatic nitrogens is 1. The first-order valence-corrected chi connectivity index (χ1v) is 9.77. The molecule has 0 spiro atoms. The van der Waals surface area contributed by atoms with Crippen LogP contribution in [0.25, 0.3) is 28.2 Å². The van der Waals surface area contributed by atoms with Crippen molar-refractivity contribution in [1.29, 1.82) is 0 Å². The van der Waals surface area contributed by atoms with Gasteiger partial charge < -0.3 is 22.7 Å². The summed E-state index contributed by atoms with van der Waals surface area (Å²) in [6.45, 7) is 3.46. The van der Waals surface area contributed by atoms with Crippen LogP contribution in [0.3, 0.4) is 0 Å². The van der Waals surface area contributed by atoms with Crippen molar-refractivity contribution in [3.8, 4) is 22.6 Å². The van der Waals surface area contributed by atoms with E-state index in [4.69, 9.17) is 18.3 Å². The molecule has 10 nitrogen and oxygen atoms in total. The van der Waals surface area contributed by atoms with E-state index >= 15 is 0 Å². The maximum Gasteiger partial charge on any atom is 0.448 e. The summed E-state index contributed by atoms with van der Waals surface area (Å²) in [5.74, 6) is -1.92. The average molecular weight is 438 g/mol. The molecule has 0 amide bonds. The zero-order chi connectivity index (χ0) is 22.8. The smallest absolute Gasteiger partial charge is 0.448 e. The summed E-state index contributed by atoms with van der Waals surface area (Å²) < 4.78 is 22.9. The van der Waals surface area contributed by atoms with Gasteiger partial charge in [-0.1, -0.05) is 6.07 Å². The van der Waals surface area contributed by atoms with Crippen molar-refractivity contribution in [2.75, 3.05) is 13.2 Å². The number of esters is 2. The van der Waals surface area contributed by atoms with Gasteiger partial charge >= 0.3 is 17.8 Å². The minimum atomic E-state index is -0.886.